The molecule has 1 fully saturated rings. The Morgan fingerprint density at radius 3 is 2.71 bits per heavy atom. The van der Waals surface area contributed by atoms with Crippen LogP contribution in [0.2, 0.25) is 0 Å². The average molecular weight is 236 g/mol. The average Bonchev–Trinajstić information content (AvgIpc) is 3.08. The molecule has 0 radical (unpaired) electrons. The summed E-state index contributed by atoms with van der Waals surface area (Å²) in [5.41, 5.74) is 1.50. The highest BCUT2D eigenvalue weighted by molar-refractivity contribution is 5.93. The number of nitrogens with one attached hydrogen (secondary N) is 1. The van der Waals surface area contributed by atoms with Crippen molar-refractivity contribution in [2.45, 2.75) is 25.8 Å². The molecule has 0 unspecified atom stereocenters. The molecule has 2 rings (SSSR count). The Morgan fingerprint density at radius 1 is 1.47 bits per heavy atom. The number of H-pyrrole nitrogens is 1. The molecular weight excluding hydrogens is 216 g/mol. The van der Waals surface area contributed by atoms with Gasteiger partial charge in [0.2, 0.25) is 0 Å². The summed E-state index contributed by atoms with van der Waals surface area (Å²) in [5, 5.41) is 6.63. The van der Waals surface area contributed by atoms with Crippen molar-refractivity contribution >= 4 is 5.91 Å². The SMILES string of the molecule is Cc1cn[nH]c1C(=O)N(C)CCN(C)C1CC1. The third-order valence-electron chi connectivity index (χ3n) is 3.35. The van der Waals surface area contributed by atoms with Crippen LogP contribution in [0, 0.1) is 6.92 Å². The minimum atomic E-state index is 0.0178. The first-order chi connectivity index (χ1) is 8.09. The summed E-state index contributed by atoms with van der Waals surface area (Å²) in [7, 11) is 3.96. The van der Waals surface area contributed by atoms with Gasteiger partial charge in [0.15, 0.2) is 0 Å². The molecule has 0 saturated heterocycles. The van der Waals surface area contributed by atoms with E-state index in [0.29, 0.717) is 5.69 Å². The monoisotopic (exact) mass is 236 g/mol. The van der Waals surface area contributed by atoms with E-state index in [1.807, 2.05) is 14.0 Å². The second kappa shape index (κ2) is 4.87. The fourth-order valence-corrected chi connectivity index (χ4v) is 1.86. The molecule has 1 aromatic rings. The van der Waals surface area contributed by atoms with Gasteiger partial charge in [0.25, 0.3) is 5.91 Å². The minimum absolute atomic E-state index is 0.0178. The van der Waals surface area contributed by atoms with E-state index >= 15 is 0 Å². The summed E-state index contributed by atoms with van der Waals surface area (Å²) >= 11 is 0. The Morgan fingerprint density at radius 2 is 2.18 bits per heavy atom. The van der Waals surface area contributed by atoms with E-state index in [9.17, 15) is 4.79 Å². The van der Waals surface area contributed by atoms with Crippen LogP contribution in [-0.4, -0.2) is 59.1 Å². The van der Waals surface area contributed by atoms with E-state index < -0.39 is 0 Å². The van der Waals surface area contributed by atoms with Crippen molar-refractivity contribution in [2.24, 2.45) is 0 Å². The number of rotatable bonds is 5. The van der Waals surface area contributed by atoms with Crippen molar-refractivity contribution in [3.8, 4) is 0 Å². The molecular formula is C12H20N4O. The highest BCUT2D eigenvalue weighted by atomic mass is 16.2. The number of aryl methyl sites for hydroxylation is 1. The van der Waals surface area contributed by atoms with Crippen molar-refractivity contribution in [1.29, 1.82) is 0 Å². The number of aromatic nitrogens is 2. The molecule has 0 atom stereocenters. The van der Waals surface area contributed by atoms with Crippen LogP contribution in [0.5, 0.6) is 0 Å². The first-order valence-corrected chi connectivity index (χ1v) is 6.05. The van der Waals surface area contributed by atoms with E-state index in [1.54, 1.807) is 11.1 Å². The van der Waals surface area contributed by atoms with Gasteiger partial charge >= 0.3 is 0 Å². The van der Waals surface area contributed by atoms with Crippen LogP contribution in [0.4, 0.5) is 0 Å². The molecule has 5 nitrogen and oxygen atoms in total. The maximum absolute atomic E-state index is 12.1. The van der Waals surface area contributed by atoms with Crippen molar-refractivity contribution in [3.63, 3.8) is 0 Å². The molecule has 1 aliphatic rings. The Kier molecular flexibility index (Phi) is 3.47. The number of hydrogen-bond acceptors (Lipinski definition) is 3. The lowest BCUT2D eigenvalue weighted by Crippen LogP contribution is -2.36. The molecule has 1 amide bonds. The smallest absolute Gasteiger partial charge is 0.271 e. The Bertz CT molecular complexity index is 397. The topological polar surface area (TPSA) is 52.2 Å². The largest absolute Gasteiger partial charge is 0.339 e. The first kappa shape index (κ1) is 12.1. The second-order valence-corrected chi connectivity index (χ2v) is 4.87. The fraction of sp³-hybridized carbons (Fsp3) is 0.667. The Balaban J connectivity index is 1.84. The maximum Gasteiger partial charge on any atom is 0.271 e. The van der Waals surface area contributed by atoms with E-state index in [1.165, 1.54) is 12.8 Å². The highest BCUT2D eigenvalue weighted by Gasteiger charge is 2.26. The molecule has 1 aromatic heterocycles. The van der Waals surface area contributed by atoms with Crippen LogP contribution in [0.25, 0.3) is 0 Å². The summed E-state index contributed by atoms with van der Waals surface area (Å²) in [6, 6.07) is 0.743. The van der Waals surface area contributed by atoms with E-state index in [-0.39, 0.29) is 5.91 Å². The number of carbonyl (C=O) groups is 1. The van der Waals surface area contributed by atoms with Gasteiger partial charge < -0.3 is 9.80 Å². The summed E-state index contributed by atoms with van der Waals surface area (Å²) in [6.07, 6.45) is 4.28. The molecule has 5 heteroatoms. The predicted molar refractivity (Wildman–Crippen MR) is 65.9 cm³/mol. The molecule has 17 heavy (non-hydrogen) atoms. The van der Waals surface area contributed by atoms with Crippen molar-refractivity contribution in [1.82, 2.24) is 20.0 Å². The van der Waals surface area contributed by atoms with Gasteiger partial charge in [-0.25, -0.2) is 0 Å². The number of aromatic amines is 1. The van der Waals surface area contributed by atoms with Crippen molar-refractivity contribution < 1.29 is 4.79 Å². The van der Waals surface area contributed by atoms with E-state index in [2.05, 4.69) is 22.1 Å². The number of amides is 1. The molecule has 0 aliphatic heterocycles. The fourth-order valence-electron chi connectivity index (χ4n) is 1.86. The van der Waals surface area contributed by atoms with Gasteiger partial charge in [0.1, 0.15) is 5.69 Å². The summed E-state index contributed by atoms with van der Waals surface area (Å²) in [5.74, 6) is 0.0178. The summed E-state index contributed by atoms with van der Waals surface area (Å²) in [4.78, 5) is 16.1. The standard InChI is InChI=1S/C12H20N4O/c1-9-8-13-14-11(9)12(17)16(3)7-6-15(2)10-4-5-10/h8,10H,4-7H2,1-3H3,(H,13,14). The number of likely N-dealkylation sites (N-methyl/N-ethyl adjacent to an activating group) is 2. The normalized spacial score (nSPS) is 15.3. The van der Waals surface area contributed by atoms with Crippen LogP contribution >= 0.6 is 0 Å². The molecule has 0 bridgehead atoms. The highest BCUT2D eigenvalue weighted by Crippen LogP contribution is 2.24. The van der Waals surface area contributed by atoms with E-state index in [0.717, 1.165) is 24.7 Å². The predicted octanol–water partition coefficient (Wildman–Crippen LogP) is 0.884. The lowest BCUT2D eigenvalue weighted by atomic mass is 10.2. The van der Waals surface area contributed by atoms with Crippen molar-refractivity contribution in [3.05, 3.63) is 17.5 Å². The molecule has 1 aliphatic carbocycles. The van der Waals surface area contributed by atoms with Gasteiger partial charge in [-0.15, -0.1) is 0 Å². The minimum Gasteiger partial charge on any atom is -0.339 e. The second-order valence-electron chi connectivity index (χ2n) is 4.87. The zero-order chi connectivity index (χ0) is 12.4. The maximum atomic E-state index is 12.1. The Labute approximate surface area is 102 Å². The summed E-state index contributed by atoms with van der Waals surface area (Å²) < 4.78 is 0. The zero-order valence-corrected chi connectivity index (χ0v) is 10.7. The van der Waals surface area contributed by atoms with Crippen LogP contribution in [0.15, 0.2) is 6.20 Å². The van der Waals surface area contributed by atoms with Gasteiger partial charge in [-0.1, -0.05) is 0 Å². The molecule has 0 aromatic carbocycles. The molecule has 1 saturated carbocycles. The molecule has 94 valence electrons. The summed E-state index contributed by atoms with van der Waals surface area (Å²) in [6.45, 7) is 3.57. The van der Waals surface area contributed by atoms with Gasteiger partial charge in [0, 0.05) is 26.2 Å². The van der Waals surface area contributed by atoms with E-state index in [4.69, 9.17) is 0 Å². The van der Waals surface area contributed by atoms with Crippen LogP contribution in [-0.2, 0) is 0 Å². The van der Waals surface area contributed by atoms with Gasteiger partial charge in [0.05, 0.1) is 6.20 Å². The van der Waals surface area contributed by atoms with Crippen LogP contribution in [0.1, 0.15) is 28.9 Å². The third kappa shape index (κ3) is 2.85. The van der Waals surface area contributed by atoms with Crippen LogP contribution < -0.4 is 0 Å². The molecule has 1 heterocycles. The number of hydrogen-bond donors (Lipinski definition) is 1. The lowest BCUT2D eigenvalue weighted by Gasteiger charge is -2.21. The first-order valence-electron chi connectivity index (χ1n) is 6.05. The van der Waals surface area contributed by atoms with Gasteiger partial charge in [-0.05, 0) is 32.4 Å². The van der Waals surface area contributed by atoms with Gasteiger partial charge in [-0.3, -0.25) is 9.89 Å². The van der Waals surface area contributed by atoms with Gasteiger partial charge in [-0.2, -0.15) is 5.10 Å². The number of carbonyl (C=O) groups excluding carboxylic acids is 1. The molecule has 1 N–H and O–H groups in total. The van der Waals surface area contributed by atoms with Crippen LogP contribution in [0.3, 0.4) is 0 Å². The number of nitrogens with zero attached hydrogens (tertiary/aromatic N) is 3. The lowest BCUT2D eigenvalue weighted by molar-refractivity contribution is 0.0775. The molecule has 0 spiro atoms. The quantitative estimate of drug-likeness (QED) is 0.826. The Hall–Kier alpha value is -1.36. The zero-order valence-electron chi connectivity index (χ0n) is 10.7. The van der Waals surface area contributed by atoms with Crippen molar-refractivity contribution in [2.75, 3.05) is 27.2 Å². The third-order valence-corrected chi connectivity index (χ3v) is 3.35.